The van der Waals surface area contributed by atoms with Gasteiger partial charge in [0.05, 0.1) is 11.4 Å². The summed E-state index contributed by atoms with van der Waals surface area (Å²) < 4.78 is 1.59. The summed E-state index contributed by atoms with van der Waals surface area (Å²) in [5, 5.41) is 20.9. The highest BCUT2D eigenvalue weighted by Gasteiger charge is 2.08. The predicted molar refractivity (Wildman–Crippen MR) is 85.7 cm³/mol. The van der Waals surface area contributed by atoms with Gasteiger partial charge in [0.1, 0.15) is 0 Å². The number of nitrogens with one attached hydrogen (secondary N) is 1. The van der Waals surface area contributed by atoms with Gasteiger partial charge >= 0.3 is 5.97 Å². The SMILES string of the molecule is O=C(O)CSc1nnc(Nc2ccc(Cl)cc2I)s1. The lowest BCUT2D eigenvalue weighted by Crippen LogP contribution is -1.96. The van der Waals surface area contributed by atoms with E-state index in [-0.39, 0.29) is 5.75 Å². The first-order chi connectivity index (χ1) is 9.04. The number of aliphatic carboxylic acids is 1. The molecule has 2 N–H and O–H groups in total. The molecule has 0 amide bonds. The van der Waals surface area contributed by atoms with Crippen molar-refractivity contribution in [2.45, 2.75) is 4.34 Å². The molecule has 19 heavy (non-hydrogen) atoms. The van der Waals surface area contributed by atoms with Crippen molar-refractivity contribution in [1.29, 1.82) is 0 Å². The van der Waals surface area contributed by atoms with E-state index in [1.165, 1.54) is 11.3 Å². The van der Waals surface area contributed by atoms with E-state index in [1.54, 1.807) is 6.07 Å². The molecule has 0 aliphatic carbocycles. The number of aromatic nitrogens is 2. The van der Waals surface area contributed by atoms with Gasteiger partial charge in [0.2, 0.25) is 5.13 Å². The Labute approximate surface area is 135 Å². The topological polar surface area (TPSA) is 75.1 Å². The first-order valence-corrected chi connectivity index (χ1v) is 8.20. The predicted octanol–water partition coefficient (Wildman–Crippen LogP) is 3.72. The minimum Gasteiger partial charge on any atom is -0.481 e. The summed E-state index contributed by atoms with van der Waals surface area (Å²) in [6.07, 6.45) is 0. The van der Waals surface area contributed by atoms with Gasteiger partial charge in [-0.3, -0.25) is 4.79 Å². The Morgan fingerprint density at radius 2 is 2.32 bits per heavy atom. The summed E-state index contributed by atoms with van der Waals surface area (Å²) in [4.78, 5) is 10.5. The maximum atomic E-state index is 10.5. The second-order valence-electron chi connectivity index (χ2n) is 3.30. The van der Waals surface area contributed by atoms with Crippen molar-refractivity contribution < 1.29 is 9.90 Å². The van der Waals surface area contributed by atoms with E-state index in [0.717, 1.165) is 21.0 Å². The van der Waals surface area contributed by atoms with E-state index < -0.39 is 5.97 Å². The van der Waals surface area contributed by atoms with E-state index >= 15 is 0 Å². The lowest BCUT2D eigenvalue weighted by molar-refractivity contribution is -0.133. The third-order valence-corrected chi connectivity index (χ3v) is 4.98. The maximum absolute atomic E-state index is 10.5. The van der Waals surface area contributed by atoms with Crippen LogP contribution in [0.3, 0.4) is 0 Å². The summed E-state index contributed by atoms with van der Waals surface area (Å²) in [6.45, 7) is 0. The van der Waals surface area contributed by atoms with Crippen molar-refractivity contribution in [2.75, 3.05) is 11.1 Å². The van der Waals surface area contributed by atoms with Crippen LogP contribution in [0.15, 0.2) is 22.5 Å². The summed E-state index contributed by atoms with van der Waals surface area (Å²) >= 11 is 10.5. The molecular formula is C10H7ClIN3O2S2. The third-order valence-electron chi connectivity index (χ3n) is 1.90. The smallest absolute Gasteiger partial charge is 0.313 e. The number of rotatable bonds is 5. The van der Waals surface area contributed by atoms with Crippen LogP contribution in [0.4, 0.5) is 10.8 Å². The fraction of sp³-hybridized carbons (Fsp3) is 0.100. The molecule has 0 radical (unpaired) electrons. The molecule has 9 heteroatoms. The lowest BCUT2D eigenvalue weighted by Gasteiger charge is -2.04. The number of carboxylic acid groups (broad SMARTS) is 1. The molecular weight excluding hydrogens is 421 g/mol. The number of thioether (sulfide) groups is 1. The largest absolute Gasteiger partial charge is 0.481 e. The van der Waals surface area contributed by atoms with Crippen molar-refractivity contribution in [2.24, 2.45) is 0 Å². The van der Waals surface area contributed by atoms with Crippen LogP contribution < -0.4 is 5.32 Å². The second-order valence-corrected chi connectivity index (χ2v) is 7.10. The zero-order valence-electron chi connectivity index (χ0n) is 9.26. The van der Waals surface area contributed by atoms with Gasteiger partial charge in [0, 0.05) is 8.59 Å². The summed E-state index contributed by atoms with van der Waals surface area (Å²) in [6, 6.07) is 5.48. The third kappa shape index (κ3) is 4.48. The van der Waals surface area contributed by atoms with Gasteiger partial charge in [-0.2, -0.15) is 0 Å². The standard InChI is InChI=1S/C10H7ClIN3O2S2/c11-5-1-2-7(6(12)3-5)13-9-14-15-10(19-9)18-4-8(16)17/h1-3H,4H2,(H,13,14)(H,16,17). The number of benzene rings is 1. The highest BCUT2D eigenvalue weighted by molar-refractivity contribution is 14.1. The second kappa shape index (κ2) is 6.73. The Kier molecular flexibility index (Phi) is 5.25. The van der Waals surface area contributed by atoms with Crippen LogP contribution in [0, 0.1) is 3.57 Å². The highest BCUT2D eigenvalue weighted by atomic mass is 127. The average molecular weight is 428 g/mol. The fourth-order valence-electron chi connectivity index (χ4n) is 1.15. The van der Waals surface area contributed by atoms with E-state index in [1.807, 2.05) is 12.1 Å². The number of halogens is 2. The van der Waals surface area contributed by atoms with Gasteiger partial charge in [0.15, 0.2) is 4.34 Å². The Morgan fingerprint density at radius 3 is 3.00 bits per heavy atom. The van der Waals surface area contributed by atoms with Crippen LogP contribution in [-0.2, 0) is 4.79 Å². The maximum Gasteiger partial charge on any atom is 0.313 e. The zero-order chi connectivity index (χ0) is 13.8. The number of carbonyl (C=O) groups is 1. The lowest BCUT2D eigenvalue weighted by atomic mass is 10.3. The minimum absolute atomic E-state index is 0.0207. The number of carboxylic acids is 1. The van der Waals surface area contributed by atoms with E-state index in [2.05, 4.69) is 38.1 Å². The van der Waals surface area contributed by atoms with Gasteiger partial charge in [0.25, 0.3) is 0 Å². The molecule has 1 aromatic heterocycles. The van der Waals surface area contributed by atoms with Crippen LogP contribution in [0.2, 0.25) is 5.02 Å². The minimum atomic E-state index is -0.873. The molecule has 2 aromatic rings. The Hall–Kier alpha value is -0.580. The Morgan fingerprint density at radius 1 is 1.53 bits per heavy atom. The first kappa shape index (κ1) is 14.8. The van der Waals surface area contributed by atoms with Crippen molar-refractivity contribution in [3.05, 3.63) is 26.8 Å². The molecule has 1 aromatic carbocycles. The number of nitrogens with zero attached hydrogens (tertiary/aromatic N) is 2. The normalized spacial score (nSPS) is 10.4. The molecule has 0 unspecified atom stereocenters. The highest BCUT2D eigenvalue weighted by Crippen LogP contribution is 2.30. The average Bonchev–Trinajstić information content (AvgIpc) is 2.78. The van der Waals surface area contributed by atoms with Crippen LogP contribution in [0.25, 0.3) is 0 Å². The van der Waals surface area contributed by atoms with E-state index in [0.29, 0.717) is 14.5 Å². The molecule has 0 spiro atoms. The summed E-state index contributed by atoms with van der Waals surface area (Å²) in [7, 11) is 0. The molecule has 100 valence electrons. The van der Waals surface area contributed by atoms with Crippen molar-refractivity contribution in [3.63, 3.8) is 0 Å². The van der Waals surface area contributed by atoms with Gasteiger partial charge in [-0.1, -0.05) is 34.7 Å². The van der Waals surface area contributed by atoms with Gasteiger partial charge < -0.3 is 10.4 Å². The van der Waals surface area contributed by atoms with Crippen LogP contribution >= 0.6 is 57.3 Å². The van der Waals surface area contributed by atoms with Gasteiger partial charge in [-0.25, -0.2) is 0 Å². The summed E-state index contributed by atoms with van der Waals surface area (Å²) in [5.41, 5.74) is 0.885. The number of hydrogen-bond acceptors (Lipinski definition) is 6. The quantitative estimate of drug-likeness (QED) is 0.560. The van der Waals surface area contributed by atoms with Crippen molar-refractivity contribution in [3.8, 4) is 0 Å². The van der Waals surface area contributed by atoms with Crippen molar-refractivity contribution >= 4 is 74.1 Å². The van der Waals surface area contributed by atoms with E-state index in [9.17, 15) is 4.79 Å². The fourth-order valence-corrected chi connectivity index (χ4v) is 3.64. The molecule has 0 aliphatic heterocycles. The molecule has 0 atom stereocenters. The molecule has 0 aliphatic rings. The Bertz CT molecular complexity index is 608. The van der Waals surface area contributed by atoms with Crippen LogP contribution in [-0.4, -0.2) is 27.0 Å². The molecule has 5 nitrogen and oxygen atoms in total. The molecule has 2 rings (SSSR count). The summed E-state index contributed by atoms with van der Waals surface area (Å²) in [5.74, 6) is -0.894. The molecule has 0 saturated carbocycles. The first-order valence-electron chi connectivity index (χ1n) is 4.95. The van der Waals surface area contributed by atoms with Crippen molar-refractivity contribution in [1.82, 2.24) is 10.2 Å². The van der Waals surface area contributed by atoms with Gasteiger partial charge in [-0.15, -0.1) is 10.2 Å². The molecule has 0 saturated heterocycles. The monoisotopic (exact) mass is 427 g/mol. The van der Waals surface area contributed by atoms with E-state index in [4.69, 9.17) is 16.7 Å². The number of anilines is 2. The molecule has 1 heterocycles. The van der Waals surface area contributed by atoms with Crippen LogP contribution in [0.5, 0.6) is 0 Å². The number of hydrogen-bond donors (Lipinski definition) is 2. The van der Waals surface area contributed by atoms with Crippen LogP contribution in [0.1, 0.15) is 0 Å². The molecule has 0 bridgehead atoms. The van der Waals surface area contributed by atoms with Gasteiger partial charge in [-0.05, 0) is 40.8 Å². The zero-order valence-corrected chi connectivity index (χ0v) is 13.8. The Balaban J connectivity index is 2.05. The molecule has 0 fully saturated rings.